The van der Waals surface area contributed by atoms with Gasteiger partial charge in [0.05, 0.1) is 6.33 Å². The van der Waals surface area contributed by atoms with E-state index in [-0.39, 0.29) is 0 Å². The number of carbonyl (C=O) groups excluding carboxylic acids is 1. The Morgan fingerprint density at radius 1 is 1.44 bits per heavy atom. The largest absolute Gasteiger partial charge is 0.480 e. The van der Waals surface area contributed by atoms with E-state index in [1.165, 1.54) is 6.92 Å². The number of aliphatic carboxylic acids is 1. The number of amides is 2. The van der Waals surface area contributed by atoms with E-state index in [0.29, 0.717) is 6.54 Å². The van der Waals surface area contributed by atoms with E-state index in [4.69, 9.17) is 5.11 Å². The van der Waals surface area contributed by atoms with Crippen LogP contribution in [0.1, 0.15) is 19.8 Å². The third-order valence-corrected chi connectivity index (χ3v) is 2.41. The quantitative estimate of drug-likeness (QED) is 0.615. The second kappa shape index (κ2) is 7.31. The third-order valence-electron chi connectivity index (χ3n) is 2.41. The lowest BCUT2D eigenvalue weighted by Crippen LogP contribution is -2.44. The Labute approximate surface area is 105 Å². The van der Waals surface area contributed by atoms with Gasteiger partial charge in [-0.15, -0.1) is 0 Å². The highest BCUT2D eigenvalue weighted by atomic mass is 16.4. The molecule has 0 radical (unpaired) electrons. The van der Waals surface area contributed by atoms with Crippen LogP contribution >= 0.6 is 0 Å². The van der Waals surface area contributed by atoms with Gasteiger partial charge in [-0.05, 0) is 19.8 Å². The van der Waals surface area contributed by atoms with Crippen molar-refractivity contribution in [1.29, 1.82) is 0 Å². The van der Waals surface area contributed by atoms with E-state index in [2.05, 4.69) is 15.6 Å². The monoisotopic (exact) mass is 254 g/mol. The summed E-state index contributed by atoms with van der Waals surface area (Å²) in [7, 11) is 0. The number of hydrogen-bond donors (Lipinski definition) is 3. The van der Waals surface area contributed by atoms with E-state index in [9.17, 15) is 9.59 Å². The Morgan fingerprint density at radius 2 is 2.22 bits per heavy atom. The van der Waals surface area contributed by atoms with Gasteiger partial charge in [-0.2, -0.15) is 0 Å². The number of carbonyl (C=O) groups is 2. The van der Waals surface area contributed by atoms with Gasteiger partial charge in [-0.1, -0.05) is 0 Å². The van der Waals surface area contributed by atoms with Crippen LogP contribution < -0.4 is 10.6 Å². The van der Waals surface area contributed by atoms with Gasteiger partial charge in [0.15, 0.2) is 0 Å². The summed E-state index contributed by atoms with van der Waals surface area (Å²) >= 11 is 0. The van der Waals surface area contributed by atoms with Gasteiger partial charge in [-0.25, -0.2) is 9.78 Å². The highest BCUT2D eigenvalue weighted by Crippen LogP contribution is 1.93. The van der Waals surface area contributed by atoms with Gasteiger partial charge < -0.3 is 20.3 Å². The molecule has 7 heteroatoms. The van der Waals surface area contributed by atoms with E-state index in [1.54, 1.807) is 12.5 Å². The average Bonchev–Trinajstić information content (AvgIpc) is 2.81. The van der Waals surface area contributed by atoms with Crippen LogP contribution in [-0.2, 0) is 11.3 Å². The summed E-state index contributed by atoms with van der Waals surface area (Å²) < 4.78 is 1.96. The predicted molar refractivity (Wildman–Crippen MR) is 65.1 cm³/mol. The summed E-state index contributed by atoms with van der Waals surface area (Å²) in [5, 5.41) is 13.5. The normalized spacial score (nSPS) is 11.8. The molecule has 7 nitrogen and oxygen atoms in total. The molecule has 0 aromatic carbocycles. The summed E-state index contributed by atoms with van der Waals surface area (Å²) in [5.41, 5.74) is 0. The molecule has 0 fully saturated rings. The zero-order chi connectivity index (χ0) is 13.4. The van der Waals surface area contributed by atoms with Crippen molar-refractivity contribution < 1.29 is 14.7 Å². The number of imidazole rings is 1. The maximum Gasteiger partial charge on any atom is 0.325 e. The van der Waals surface area contributed by atoms with Gasteiger partial charge >= 0.3 is 12.0 Å². The van der Waals surface area contributed by atoms with Gasteiger partial charge in [0.2, 0.25) is 0 Å². The standard InChI is InChI=1S/C11H18N4O3/c1-9(10(16)17)14-11(18)13-4-2-3-6-15-7-5-12-8-15/h5,7-9H,2-4,6H2,1H3,(H,16,17)(H2,13,14,18)/t9-/m1/s1. The van der Waals surface area contributed by atoms with E-state index >= 15 is 0 Å². The summed E-state index contributed by atoms with van der Waals surface area (Å²) in [6.07, 6.45) is 7.10. The molecule has 100 valence electrons. The molecule has 0 aliphatic carbocycles. The topological polar surface area (TPSA) is 96.3 Å². The molecule has 3 N–H and O–H groups in total. The van der Waals surface area contributed by atoms with E-state index < -0.39 is 18.0 Å². The van der Waals surface area contributed by atoms with Crippen LogP contribution in [0, 0.1) is 0 Å². The van der Waals surface area contributed by atoms with E-state index in [1.807, 2.05) is 10.8 Å². The van der Waals surface area contributed by atoms with Gasteiger partial charge in [0.1, 0.15) is 6.04 Å². The maximum atomic E-state index is 11.2. The van der Waals surface area contributed by atoms with Crippen molar-refractivity contribution in [2.45, 2.75) is 32.4 Å². The fraction of sp³-hybridized carbons (Fsp3) is 0.545. The SMILES string of the molecule is C[C@@H](NC(=O)NCCCCn1ccnc1)C(=O)O. The molecule has 0 unspecified atom stereocenters. The minimum atomic E-state index is -1.05. The predicted octanol–water partition coefficient (Wildman–Crippen LogP) is 0.436. The molecular formula is C11H18N4O3. The molecule has 0 aliphatic heterocycles. The van der Waals surface area contributed by atoms with Gasteiger partial charge in [-0.3, -0.25) is 4.79 Å². The molecular weight excluding hydrogens is 236 g/mol. The first-order chi connectivity index (χ1) is 8.59. The fourth-order valence-corrected chi connectivity index (χ4v) is 1.35. The van der Waals surface area contributed by atoms with Crippen molar-refractivity contribution in [3.05, 3.63) is 18.7 Å². The molecule has 2 amide bonds. The van der Waals surface area contributed by atoms with Crippen molar-refractivity contribution in [3.8, 4) is 0 Å². The molecule has 0 spiro atoms. The summed E-state index contributed by atoms with van der Waals surface area (Å²) in [4.78, 5) is 25.7. The van der Waals surface area contributed by atoms with E-state index in [0.717, 1.165) is 19.4 Å². The summed E-state index contributed by atoms with van der Waals surface area (Å²) in [6.45, 7) is 2.79. The molecule has 18 heavy (non-hydrogen) atoms. The molecule has 1 rings (SSSR count). The highest BCUT2D eigenvalue weighted by molar-refractivity contribution is 5.82. The molecule has 1 atom stereocenters. The Balaban J connectivity index is 2.03. The Hall–Kier alpha value is -2.05. The maximum absolute atomic E-state index is 11.2. The van der Waals surface area contributed by atoms with Gasteiger partial charge in [0.25, 0.3) is 0 Å². The lowest BCUT2D eigenvalue weighted by Gasteiger charge is -2.10. The Morgan fingerprint density at radius 3 is 2.83 bits per heavy atom. The van der Waals surface area contributed by atoms with Crippen molar-refractivity contribution in [1.82, 2.24) is 20.2 Å². The Kier molecular flexibility index (Phi) is 5.69. The van der Waals surface area contributed by atoms with Crippen molar-refractivity contribution >= 4 is 12.0 Å². The zero-order valence-electron chi connectivity index (χ0n) is 10.3. The third kappa shape index (κ3) is 5.33. The number of carboxylic acids is 1. The van der Waals surface area contributed by atoms with Crippen molar-refractivity contribution in [2.75, 3.05) is 6.54 Å². The second-order valence-electron chi connectivity index (χ2n) is 3.97. The minimum Gasteiger partial charge on any atom is -0.480 e. The molecule has 1 aromatic rings. The number of carboxylic acid groups (broad SMARTS) is 1. The first-order valence-electron chi connectivity index (χ1n) is 5.82. The van der Waals surface area contributed by atoms with Crippen LogP contribution in [0.25, 0.3) is 0 Å². The van der Waals surface area contributed by atoms with Crippen LogP contribution in [0.5, 0.6) is 0 Å². The first-order valence-corrected chi connectivity index (χ1v) is 5.82. The summed E-state index contributed by atoms with van der Waals surface area (Å²) in [5.74, 6) is -1.05. The number of urea groups is 1. The lowest BCUT2D eigenvalue weighted by molar-refractivity contribution is -0.138. The number of unbranched alkanes of at least 4 members (excludes halogenated alkanes) is 1. The van der Waals surface area contributed by atoms with Crippen molar-refractivity contribution in [2.24, 2.45) is 0 Å². The van der Waals surface area contributed by atoms with Gasteiger partial charge in [0, 0.05) is 25.5 Å². The van der Waals surface area contributed by atoms with Crippen LogP contribution in [0.4, 0.5) is 4.79 Å². The molecule has 0 aliphatic rings. The van der Waals surface area contributed by atoms with Crippen LogP contribution in [0.2, 0.25) is 0 Å². The smallest absolute Gasteiger partial charge is 0.325 e. The fourth-order valence-electron chi connectivity index (χ4n) is 1.35. The molecule has 0 saturated heterocycles. The van der Waals surface area contributed by atoms with Crippen LogP contribution in [0.15, 0.2) is 18.7 Å². The number of aromatic nitrogens is 2. The molecule has 0 saturated carbocycles. The number of hydrogen-bond acceptors (Lipinski definition) is 3. The number of rotatable bonds is 7. The number of aryl methyl sites for hydroxylation is 1. The number of nitrogens with zero attached hydrogens (tertiary/aromatic N) is 2. The number of nitrogens with one attached hydrogen (secondary N) is 2. The van der Waals surface area contributed by atoms with Crippen LogP contribution in [-0.4, -0.2) is 39.2 Å². The van der Waals surface area contributed by atoms with Crippen molar-refractivity contribution in [3.63, 3.8) is 0 Å². The average molecular weight is 254 g/mol. The Bertz CT molecular complexity index is 378. The van der Waals surface area contributed by atoms with Crippen LogP contribution in [0.3, 0.4) is 0 Å². The molecule has 1 heterocycles. The zero-order valence-corrected chi connectivity index (χ0v) is 10.3. The minimum absolute atomic E-state index is 0.451. The first kappa shape index (κ1) is 14.0. The molecule has 1 aromatic heterocycles. The summed E-state index contributed by atoms with van der Waals surface area (Å²) in [6, 6.07) is -1.33. The second-order valence-corrected chi connectivity index (χ2v) is 3.97. The molecule has 0 bridgehead atoms. The lowest BCUT2D eigenvalue weighted by atomic mass is 10.3. The highest BCUT2D eigenvalue weighted by Gasteiger charge is 2.12.